The highest BCUT2D eigenvalue weighted by atomic mass is 32.2. The molecule has 1 N–H and O–H groups in total. The van der Waals surface area contributed by atoms with E-state index in [2.05, 4.69) is 9.97 Å². The first-order valence-corrected chi connectivity index (χ1v) is 7.47. The van der Waals surface area contributed by atoms with Crippen molar-refractivity contribution in [2.75, 3.05) is 18.8 Å². The van der Waals surface area contributed by atoms with Crippen LogP contribution in [0.5, 0.6) is 0 Å². The second-order valence-electron chi connectivity index (χ2n) is 4.82. The van der Waals surface area contributed by atoms with Crippen molar-refractivity contribution in [2.45, 2.75) is 24.9 Å². The number of piperidine rings is 1. The number of carbonyl (C=O) groups is 2. The van der Waals surface area contributed by atoms with E-state index in [1.165, 1.54) is 11.8 Å². The van der Waals surface area contributed by atoms with Gasteiger partial charge in [-0.2, -0.15) is 0 Å². The fraction of sp³-hybridized carbons (Fsp3) is 0.538. The van der Waals surface area contributed by atoms with Crippen LogP contribution in [0.1, 0.15) is 18.4 Å². The fourth-order valence-corrected chi connectivity index (χ4v) is 2.74. The summed E-state index contributed by atoms with van der Waals surface area (Å²) in [7, 11) is 0. The van der Waals surface area contributed by atoms with Crippen molar-refractivity contribution in [3.8, 4) is 0 Å². The number of amides is 1. The molecule has 7 heteroatoms. The molecule has 2 rings (SSSR count). The van der Waals surface area contributed by atoms with Gasteiger partial charge in [-0.3, -0.25) is 9.59 Å². The molecule has 0 atom stereocenters. The number of aromatic nitrogens is 2. The Bertz CT molecular complexity index is 484. The predicted octanol–water partition coefficient (Wildman–Crippen LogP) is 1.20. The third-order valence-corrected chi connectivity index (χ3v) is 4.14. The van der Waals surface area contributed by atoms with E-state index in [1.807, 2.05) is 6.92 Å². The molecule has 1 saturated heterocycles. The van der Waals surface area contributed by atoms with Gasteiger partial charge in [0, 0.05) is 25.5 Å². The van der Waals surface area contributed by atoms with Gasteiger partial charge in [0.05, 0.1) is 11.7 Å². The first kappa shape index (κ1) is 14.8. The zero-order valence-electron chi connectivity index (χ0n) is 11.3. The Morgan fingerprint density at radius 2 is 1.95 bits per heavy atom. The van der Waals surface area contributed by atoms with E-state index in [4.69, 9.17) is 5.11 Å². The largest absolute Gasteiger partial charge is 0.481 e. The number of nitrogens with zero attached hydrogens (tertiary/aromatic N) is 3. The monoisotopic (exact) mass is 295 g/mol. The molecule has 108 valence electrons. The number of likely N-dealkylation sites (tertiary alicyclic amines) is 1. The number of rotatable bonds is 4. The van der Waals surface area contributed by atoms with Crippen LogP contribution < -0.4 is 0 Å². The molecule has 0 aliphatic carbocycles. The second-order valence-corrected chi connectivity index (χ2v) is 5.77. The van der Waals surface area contributed by atoms with Gasteiger partial charge in [0.2, 0.25) is 5.91 Å². The second kappa shape index (κ2) is 6.69. The van der Waals surface area contributed by atoms with E-state index in [0.29, 0.717) is 36.8 Å². The average molecular weight is 295 g/mol. The fourth-order valence-electron chi connectivity index (χ4n) is 2.05. The molecule has 1 fully saturated rings. The lowest BCUT2D eigenvalue weighted by atomic mass is 9.97. The molecule has 0 spiro atoms. The highest BCUT2D eigenvalue weighted by Crippen LogP contribution is 2.19. The summed E-state index contributed by atoms with van der Waals surface area (Å²) >= 11 is 1.31. The van der Waals surface area contributed by atoms with Crippen molar-refractivity contribution >= 4 is 23.6 Å². The van der Waals surface area contributed by atoms with Gasteiger partial charge >= 0.3 is 5.97 Å². The maximum atomic E-state index is 12.0. The van der Waals surface area contributed by atoms with Crippen LogP contribution in [-0.2, 0) is 9.59 Å². The van der Waals surface area contributed by atoms with E-state index in [1.54, 1.807) is 17.3 Å². The smallest absolute Gasteiger partial charge is 0.306 e. The summed E-state index contributed by atoms with van der Waals surface area (Å²) in [5.74, 6) is -0.768. The molecule has 1 aliphatic heterocycles. The van der Waals surface area contributed by atoms with Crippen molar-refractivity contribution in [3.05, 3.63) is 18.0 Å². The number of aryl methyl sites for hydroxylation is 1. The quantitative estimate of drug-likeness (QED) is 0.664. The minimum absolute atomic E-state index is 0.0167. The van der Waals surface area contributed by atoms with Gasteiger partial charge in [-0.25, -0.2) is 9.97 Å². The van der Waals surface area contributed by atoms with Crippen LogP contribution in [0.15, 0.2) is 17.6 Å². The number of aliphatic carboxylic acids is 1. The van der Waals surface area contributed by atoms with Gasteiger partial charge in [-0.15, -0.1) is 0 Å². The minimum Gasteiger partial charge on any atom is -0.481 e. The SMILES string of the molecule is Cc1cnc(SCC(=O)N2CCC(C(=O)O)CC2)nc1. The zero-order valence-corrected chi connectivity index (χ0v) is 12.1. The van der Waals surface area contributed by atoms with Gasteiger partial charge in [0.25, 0.3) is 0 Å². The summed E-state index contributed by atoms with van der Waals surface area (Å²) < 4.78 is 0. The van der Waals surface area contributed by atoms with Gasteiger partial charge in [-0.1, -0.05) is 11.8 Å². The Morgan fingerprint density at radius 3 is 2.50 bits per heavy atom. The summed E-state index contributed by atoms with van der Waals surface area (Å²) in [6, 6.07) is 0. The predicted molar refractivity (Wildman–Crippen MR) is 74.4 cm³/mol. The topological polar surface area (TPSA) is 83.4 Å². The van der Waals surface area contributed by atoms with Crippen molar-refractivity contribution in [1.29, 1.82) is 0 Å². The van der Waals surface area contributed by atoms with E-state index in [-0.39, 0.29) is 11.8 Å². The van der Waals surface area contributed by atoms with Crippen LogP contribution >= 0.6 is 11.8 Å². The van der Waals surface area contributed by atoms with Gasteiger partial charge < -0.3 is 10.0 Å². The number of carboxylic acids is 1. The summed E-state index contributed by atoms with van der Waals surface area (Å²) in [5, 5.41) is 9.50. The maximum Gasteiger partial charge on any atom is 0.306 e. The summed E-state index contributed by atoms with van der Waals surface area (Å²) in [4.78, 5) is 32.9. The van der Waals surface area contributed by atoms with Gasteiger partial charge in [-0.05, 0) is 25.3 Å². The summed E-state index contributed by atoms with van der Waals surface area (Å²) in [5.41, 5.74) is 0.983. The number of thioether (sulfide) groups is 1. The Hall–Kier alpha value is -1.63. The average Bonchev–Trinajstić information content (AvgIpc) is 2.46. The molecule has 0 saturated carbocycles. The minimum atomic E-state index is -0.764. The highest BCUT2D eigenvalue weighted by molar-refractivity contribution is 7.99. The number of carboxylic acid groups (broad SMARTS) is 1. The molecule has 0 bridgehead atoms. The summed E-state index contributed by atoms with van der Waals surface area (Å²) in [6.07, 6.45) is 4.51. The van der Waals surface area contributed by atoms with Crippen LogP contribution in [0, 0.1) is 12.8 Å². The normalized spacial score (nSPS) is 16.1. The van der Waals surface area contributed by atoms with Gasteiger partial charge in [0.1, 0.15) is 0 Å². The standard InChI is InChI=1S/C13H17N3O3S/c1-9-6-14-13(15-7-9)20-8-11(17)16-4-2-10(3-5-16)12(18)19/h6-7,10H,2-5,8H2,1H3,(H,18,19). The van der Waals surface area contributed by atoms with Crippen molar-refractivity contribution in [1.82, 2.24) is 14.9 Å². The summed E-state index contributed by atoms with van der Waals surface area (Å²) in [6.45, 7) is 2.95. The van der Waals surface area contributed by atoms with Crippen LogP contribution in [0.25, 0.3) is 0 Å². The zero-order chi connectivity index (χ0) is 14.5. The van der Waals surface area contributed by atoms with Gasteiger partial charge in [0.15, 0.2) is 5.16 Å². The van der Waals surface area contributed by atoms with Crippen molar-refractivity contribution in [2.24, 2.45) is 5.92 Å². The lowest BCUT2D eigenvalue weighted by Gasteiger charge is -2.29. The first-order chi connectivity index (χ1) is 9.56. The number of hydrogen-bond acceptors (Lipinski definition) is 5. The van der Waals surface area contributed by atoms with Crippen LogP contribution in [0.3, 0.4) is 0 Å². The molecule has 6 nitrogen and oxygen atoms in total. The third kappa shape index (κ3) is 3.93. The Labute approximate surface area is 121 Å². The third-order valence-electron chi connectivity index (χ3n) is 3.28. The molecule has 1 aromatic rings. The lowest BCUT2D eigenvalue weighted by molar-refractivity contribution is -0.145. The van der Waals surface area contributed by atoms with E-state index in [0.717, 1.165) is 5.56 Å². The molecule has 0 radical (unpaired) electrons. The van der Waals surface area contributed by atoms with E-state index < -0.39 is 5.97 Å². The molecule has 1 aliphatic rings. The van der Waals surface area contributed by atoms with Crippen molar-refractivity contribution < 1.29 is 14.7 Å². The number of hydrogen-bond donors (Lipinski definition) is 1. The van der Waals surface area contributed by atoms with Crippen molar-refractivity contribution in [3.63, 3.8) is 0 Å². The maximum absolute atomic E-state index is 12.0. The van der Waals surface area contributed by atoms with Crippen LogP contribution in [0.4, 0.5) is 0 Å². The van der Waals surface area contributed by atoms with Crippen LogP contribution in [0.2, 0.25) is 0 Å². The Balaban J connectivity index is 1.78. The lowest BCUT2D eigenvalue weighted by Crippen LogP contribution is -2.41. The molecule has 0 aromatic carbocycles. The highest BCUT2D eigenvalue weighted by Gasteiger charge is 2.26. The van der Waals surface area contributed by atoms with Crippen LogP contribution in [-0.4, -0.2) is 50.7 Å². The molecular weight excluding hydrogens is 278 g/mol. The Kier molecular flexibility index (Phi) is 4.94. The molecule has 2 heterocycles. The number of carbonyl (C=O) groups excluding carboxylic acids is 1. The molecular formula is C13H17N3O3S. The van der Waals surface area contributed by atoms with E-state index in [9.17, 15) is 9.59 Å². The molecule has 20 heavy (non-hydrogen) atoms. The molecule has 1 amide bonds. The van der Waals surface area contributed by atoms with E-state index >= 15 is 0 Å². The Morgan fingerprint density at radius 1 is 1.35 bits per heavy atom. The first-order valence-electron chi connectivity index (χ1n) is 6.48. The molecule has 0 unspecified atom stereocenters. The molecule has 1 aromatic heterocycles.